The maximum absolute atomic E-state index is 12.8. The number of halogens is 1. The normalized spacial score (nSPS) is 18.7. The summed E-state index contributed by atoms with van der Waals surface area (Å²) < 4.78 is 29.3. The van der Waals surface area contributed by atoms with Crippen LogP contribution in [0, 0.1) is 0 Å². The summed E-state index contributed by atoms with van der Waals surface area (Å²) in [6, 6.07) is 7.36. The number of anilines is 1. The third kappa shape index (κ3) is 3.38. The van der Waals surface area contributed by atoms with Crippen molar-refractivity contribution < 1.29 is 13.2 Å². The van der Waals surface area contributed by atoms with Gasteiger partial charge >= 0.3 is 0 Å². The molecule has 1 atom stereocenters. The number of nitrogens with zero attached hydrogens (tertiary/aromatic N) is 3. The quantitative estimate of drug-likeness (QED) is 0.831. The summed E-state index contributed by atoms with van der Waals surface area (Å²) in [5.41, 5.74) is 0. The fraction of sp³-hybridized carbons (Fsp3) is 0.333. The van der Waals surface area contributed by atoms with Crippen molar-refractivity contribution >= 4 is 37.7 Å². The van der Waals surface area contributed by atoms with Crippen molar-refractivity contribution in [2.45, 2.75) is 23.8 Å². The SMILES string of the molecule is Cn1ccc(NC(=O)[C@H]2CCCN2S(=O)(=O)c2ccc(Br)cc2)n1. The molecule has 0 unspecified atom stereocenters. The van der Waals surface area contributed by atoms with Crippen molar-refractivity contribution in [2.75, 3.05) is 11.9 Å². The van der Waals surface area contributed by atoms with Gasteiger partial charge in [0.1, 0.15) is 6.04 Å². The van der Waals surface area contributed by atoms with Crippen molar-refractivity contribution in [1.29, 1.82) is 0 Å². The standard InChI is InChI=1S/C15H17BrN4O3S/c1-19-10-8-14(18-19)17-15(21)13-3-2-9-20(13)24(22,23)12-6-4-11(16)5-7-12/h4-8,10,13H,2-3,9H2,1H3,(H,17,18,21)/t13-/m1/s1. The maximum atomic E-state index is 12.8. The van der Waals surface area contributed by atoms with Gasteiger partial charge in [-0.05, 0) is 37.1 Å². The van der Waals surface area contributed by atoms with Crippen LogP contribution >= 0.6 is 15.9 Å². The summed E-state index contributed by atoms with van der Waals surface area (Å²) in [6.07, 6.45) is 2.85. The summed E-state index contributed by atoms with van der Waals surface area (Å²) in [4.78, 5) is 12.7. The Hall–Kier alpha value is -1.71. The minimum Gasteiger partial charge on any atom is -0.308 e. The average molecular weight is 413 g/mol. The zero-order valence-corrected chi connectivity index (χ0v) is 15.4. The van der Waals surface area contributed by atoms with E-state index in [9.17, 15) is 13.2 Å². The molecule has 1 aromatic carbocycles. The first-order valence-electron chi connectivity index (χ1n) is 7.46. The molecule has 0 aliphatic carbocycles. The molecule has 2 heterocycles. The van der Waals surface area contributed by atoms with Crippen LogP contribution in [0.2, 0.25) is 0 Å². The molecule has 0 bridgehead atoms. The van der Waals surface area contributed by atoms with E-state index >= 15 is 0 Å². The molecule has 7 nitrogen and oxygen atoms in total. The van der Waals surface area contributed by atoms with Crippen molar-refractivity contribution in [2.24, 2.45) is 7.05 Å². The molecule has 0 spiro atoms. The van der Waals surface area contributed by atoms with Crippen LogP contribution in [0.3, 0.4) is 0 Å². The molecule has 1 aliphatic rings. The number of hydrogen-bond donors (Lipinski definition) is 1. The van der Waals surface area contributed by atoms with Crippen LogP contribution in [0.4, 0.5) is 5.82 Å². The van der Waals surface area contributed by atoms with Crippen molar-refractivity contribution in [1.82, 2.24) is 14.1 Å². The van der Waals surface area contributed by atoms with Gasteiger partial charge in [0.15, 0.2) is 5.82 Å². The molecule has 9 heteroatoms. The van der Waals surface area contributed by atoms with E-state index in [1.54, 1.807) is 36.1 Å². The molecule has 3 rings (SSSR count). The van der Waals surface area contributed by atoms with E-state index in [0.717, 1.165) is 4.47 Å². The highest BCUT2D eigenvalue weighted by atomic mass is 79.9. The largest absolute Gasteiger partial charge is 0.308 e. The summed E-state index contributed by atoms with van der Waals surface area (Å²) in [6.45, 7) is 0.332. The Bertz CT molecular complexity index is 848. The number of benzene rings is 1. The molecule has 1 aliphatic heterocycles. The summed E-state index contributed by atoms with van der Waals surface area (Å²) in [5, 5.41) is 6.77. The van der Waals surface area contributed by atoms with Gasteiger partial charge in [-0.1, -0.05) is 15.9 Å². The van der Waals surface area contributed by atoms with Crippen LogP contribution in [0.15, 0.2) is 45.9 Å². The lowest BCUT2D eigenvalue weighted by Crippen LogP contribution is -2.43. The maximum Gasteiger partial charge on any atom is 0.244 e. The van der Waals surface area contributed by atoms with Crippen molar-refractivity contribution in [3.05, 3.63) is 41.0 Å². The van der Waals surface area contributed by atoms with Crippen LogP contribution < -0.4 is 5.32 Å². The van der Waals surface area contributed by atoms with Crippen molar-refractivity contribution in [3.63, 3.8) is 0 Å². The van der Waals surface area contributed by atoms with Gasteiger partial charge in [-0.3, -0.25) is 9.48 Å². The molecule has 1 N–H and O–H groups in total. The molecule has 2 aromatic rings. The fourth-order valence-corrected chi connectivity index (χ4v) is 4.64. The fourth-order valence-electron chi connectivity index (χ4n) is 2.72. The lowest BCUT2D eigenvalue weighted by molar-refractivity contribution is -0.119. The minimum atomic E-state index is -3.71. The van der Waals surface area contributed by atoms with Crippen LogP contribution in [-0.4, -0.2) is 41.0 Å². The number of carbonyl (C=O) groups is 1. The Kier molecular flexibility index (Phi) is 4.75. The van der Waals surface area contributed by atoms with Crippen LogP contribution in [0.1, 0.15) is 12.8 Å². The molecule has 0 radical (unpaired) electrons. The van der Waals surface area contributed by atoms with Gasteiger partial charge in [0.25, 0.3) is 0 Å². The Morgan fingerprint density at radius 3 is 2.62 bits per heavy atom. The highest BCUT2D eigenvalue weighted by Gasteiger charge is 2.39. The minimum absolute atomic E-state index is 0.184. The van der Waals surface area contributed by atoms with E-state index in [2.05, 4.69) is 26.3 Å². The Labute approximate surface area is 148 Å². The third-order valence-corrected chi connectivity index (χ3v) is 6.34. The van der Waals surface area contributed by atoms with E-state index in [4.69, 9.17) is 0 Å². The van der Waals surface area contributed by atoms with Gasteiger partial charge in [0, 0.05) is 30.3 Å². The van der Waals surface area contributed by atoms with Gasteiger partial charge in [-0.2, -0.15) is 9.40 Å². The smallest absolute Gasteiger partial charge is 0.244 e. The van der Waals surface area contributed by atoms with Gasteiger partial charge < -0.3 is 5.32 Å². The van der Waals surface area contributed by atoms with Crippen molar-refractivity contribution in [3.8, 4) is 0 Å². The number of aromatic nitrogens is 2. The molecule has 128 valence electrons. The van der Waals surface area contributed by atoms with E-state index in [1.165, 1.54) is 16.4 Å². The molecule has 24 heavy (non-hydrogen) atoms. The number of nitrogens with one attached hydrogen (secondary N) is 1. The lowest BCUT2D eigenvalue weighted by Gasteiger charge is -2.23. The summed E-state index contributed by atoms with van der Waals surface area (Å²) >= 11 is 3.29. The van der Waals surface area contributed by atoms with E-state index in [0.29, 0.717) is 25.2 Å². The number of amides is 1. The predicted octanol–water partition coefficient (Wildman–Crippen LogP) is 1.97. The Morgan fingerprint density at radius 1 is 1.29 bits per heavy atom. The number of aryl methyl sites for hydroxylation is 1. The highest BCUT2D eigenvalue weighted by molar-refractivity contribution is 9.10. The van der Waals surface area contributed by atoms with Gasteiger partial charge in [0.2, 0.25) is 15.9 Å². The van der Waals surface area contributed by atoms with Crippen LogP contribution in [0.25, 0.3) is 0 Å². The van der Waals surface area contributed by atoms with E-state index in [-0.39, 0.29) is 10.8 Å². The number of rotatable bonds is 4. The van der Waals surface area contributed by atoms with Crippen LogP contribution in [-0.2, 0) is 21.9 Å². The predicted molar refractivity (Wildman–Crippen MR) is 92.9 cm³/mol. The molecule has 1 fully saturated rings. The lowest BCUT2D eigenvalue weighted by atomic mass is 10.2. The summed E-state index contributed by atoms with van der Waals surface area (Å²) in [7, 11) is -1.97. The molecule has 0 saturated carbocycles. The monoisotopic (exact) mass is 412 g/mol. The third-order valence-electron chi connectivity index (χ3n) is 3.89. The molecule has 1 saturated heterocycles. The zero-order valence-electron chi connectivity index (χ0n) is 13.0. The molecule has 1 amide bonds. The van der Waals surface area contributed by atoms with Gasteiger partial charge in [-0.25, -0.2) is 8.42 Å². The Morgan fingerprint density at radius 2 is 2.00 bits per heavy atom. The van der Waals surface area contributed by atoms with E-state index in [1.807, 2.05) is 0 Å². The topological polar surface area (TPSA) is 84.3 Å². The zero-order chi connectivity index (χ0) is 17.3. The second-order valence-electron chi connectivity index (χ2n) is 5.59. The van der Waals surface area contributed by atoms with E-state index < -0.39 is 16.1 Å². The first kappa shape index (κ1) is 17.1. The number of carbonyl (C=O) groups excluding carboxylic acids is 1. The number of sulfonamides is 1. The second-order valence-corrected chi connectivity index (χ2v) is 8.40. The molecular formula is C15H17BrN4O3S. The first-order chi connectivity index (χ1) is 11.4. The average Bonchev–Trinajstić information content (AvgIpc) is 3.17. The van der Waals surface area contributed by atoms with Gasteiger partial charge in [0.05, 0.1) is 4.90 Å². The molecule has 1 aromatic heterocycles. The summed E-state index contributed by atoms with van der Waals surface area (Å²) in [5.74, 6) is 0.0577. The van der Waals surface area contributed by atoms with Gasteiger partial charge in [-0.15, -0.1) is 0 Å². The molecular weight excluding hydrogens is 396 g/mol. The van der Waals surface area contributed by atoms with Crippen LogP contribution in [0.5, 0.6) is 0 Å². The number of hydrogen-bond acceptors (Lipinski definition) is 4. The highest BCUT2D eigenvalue weighted by Crippen LogP contribution is 2.27. The Balaban J connectivity index is 1.81. The first-order valence-corrected chi connectivity index (χ1v) is 9.69. The second kappa shape index (κ2) is 6.66.